The zero-order chi connectivity index (χ0) is 24.5. The van der Waals surface area contributed by atoms with Gasteiger partial charge in [0.25, 0.3) is 0 Å². The first kappa shape index (κ1) is 28.3. The van der Waals surface area contributed by atoms with E-state index in [1.54, 1.807) is 21.3 Å². The summed E-state index contributed by atoms with van der Waals surface area (Å²) in [7, 11) is 10.7. The molecule has 0 aromatic carbocycles. The number of methoxy groups -OCH3 is 7. The van der Waals surface area contributed by atoms with Crippen LogP contribution in [0.15, 0.2) is 0 Å². The summed E-state index contributed by atoms with van der Waals surface area (Å²) in [6, 6.07) is 0. The van der Waals surface area contributed by atoms with E-state index in [4.69, 9.17) is 52.1 Å². The zero-order valence-corrected chi connectivity index (χ0v) is 20.6. The van der Waals surface area contributed by atoms with Crippen molar-refractivity contribution in [1.82, 2.24) is 0 Å². The highest BCUT2D eigenvalue weighted by Crippen LogP contribution is 2.33. The highest BCUT2D eigenvalue weighted by molar-refractivity contribution is 5.65. The quantitative estimate of drug-likeness (QED) is 0.341. The van der Waals surface area contributed by atoms with E-state index in [1.165, 1.54) is 35.4 Å². The molecule has 0 aliphatic carbocycles. The fourth-order valence-corrected chi connectivity index (χ4v) is 4.33. The van der Waals surface area contributed by atoms with Crippen molar-refractivity contribution in [2.24, 2.45) is 0 Å². The van der Waals surface area contributed by atoms with Crippen LogP contribution in [0.1, 0.15) is 6.92 Å². The smallest absolute Gasteiger partial charge is 0.302 e. The van der Waals surface area contributed by atoms with Gasteiger partial charge in [0.1, 0.15) is 55.4 Å². The third kappa shape index (κ3) is 6.60. The van der Waals surface area contributed by atoms with Crippen molar-refractivity contribution in [2.75, 3.05) is 63.0 Å². The molecule has 33 heavy (non-hydrogen) atoms. The molecule has 0 aromatic heterocycles. The Kier molecular flexibility index (Phi) is 11.9. The van der Waals surface area contributed by atoms with E-state index in [0.717, 1.165) is 0 Å². The van der Waals surface area contributed by atoms with Crippen LogP contribution in [0.5, 0.6) is 0 Å². The Bertz CT molecular complexity index is 577. The summed E-state index contributed by atoms with van der Waals surface area (Å²) in [5, 5.41) is 0. The lowest BCUT2D eigenvalue weighted by atomic mass is 9.96. The average Bonchev–Trinajstić information content (AvgIpc) is 2.81. The van der Waals surface area contributed by atoms with Crippen LogP contribution in [0.25, 0.3) is 0 Å². The molecule has 0 unspecified atom stereocenters. The van der Waals surface area contributed by atoms with Crippen LogP contribution in [0.4, 0.5) is 0 Å². The molecule has 0 aromatic rings. The van der Waals surface area contributed by atoms with Gasteiger partial charge in [-0.3, -0.25) is 4.79 Å². The topological polar surface area (TPSA) is 119 Å². The standard InChI is InChI=1S/C21H38O12/c1-11(22)30-10-13-15(17(26-5)18(27-6)20(29-8)31-13)33-21-19(28-7)16(25-4)14(24-3)12(32-21)9-23-2/h12-21H,9-10H2,1-8H3/t12-,13-,14+,15-,16+,17+,18-,19-,20+,21+/m1/s1. The van der Waals surface area contributed by atoms with Crippen LogP contribution in [0.2, 0.25) is 0 Å². The molecule has 12 nitrogen and oxygen atoms in total. The molecule has 2 aliphatic rings. The summed E-state index contributed by atoms with van der Waals surface area (Å²) < 4.78 is 62.8. The molecule has 2 heterocycles. The number of hydrogen-bond acceptors (Lipinski definition) is 12. The van der Waals surface area contributed by atoms with Crippen molar-refractivity contribution in [1.29, 1.82) is 0 Å². The Morgan fingerprint density at radius 1 is 0.606 bits per heavy atom. The summed E-state index contributed by atoms with van der Waals surface area (Å²) >= 11 is 0. The molecule has 2 fully saturated rings. The lowest BCUT2D eigenvalue weighted by Crippen LogP contribution is -2.66. The molecular weight excluding hydrogens is 444 g/mol. The number of hydrogen-bond donors (Lipinski definition) is 0. The lowest BCUT2D eigenvalue weighted by molar-refractivity contribution is -0.365. The molecule has 10 atom stereocenters. The van der Waals surface area contributed by atoms with Gasteiger partial charge in [0, 0.05) is 56.7 Å². The van der Waals surface area contributed by atoms with Crippen molar-refractivity contribution in [3.05, 3.63) is 0 Å². The summed E-state index contributed by atoms with van der Waals surface area (Å²) in [4.78, 5) is 11.5. The van der Waals surface area contributed by atoms with Crippen LogP contribution in [0.3, 0.4) is 0 Å². The van der Waals surface area contributed by atoms with Crippen molar-refractivity contribution < 1.29 is 56.9 Å². The molecule has 2 aliphatic heterocycles. The first-order valence-corrected chi connectivity index (χ1v) is 10.7. The minimum atomic E-state index is -0.908. The van der Waals surface area contributed by atoms with Crippen LogP contribution < -0.4 is 0 Å². The Morgan fingerprint density at radius 2 is 1.09 bits per heavy atom. The normalized spacial score (nSPS) is 39.4. The Labute approximate surface area is 194 Å². The maximum absolute atomic E-state index is 11.5. The second kappa shape index (κ2) is 13.8. The number of carbonyl (C=O) groups excluding carboxylic acids is 1. The van der Waals surface area contributed by atoms with E-state index in [0.29, 0.717) is 0 Å². The van der Waals surface area contributed by atoms with Gasteiger partial charge in [-0.15, -0.1) is 0 Å². The van der Waals surface area contributed by atoms with Gasteiger partial charge in [0.05, 0.1) is 6.61 Å². The maximum Gasteiger partial charge on any atom is 0.302 e. The van der Waals surface area contributed by atoms with Gasteiger partial charge in [-0.1, -0.05) is 0 Å². The molecule has 2 saturated heterocycles. The average molecular weight is 483 g/mol. The number of esters is 1. The van der Waals surface area contributed by atoms with E-state index in [9.17, 15) is 4.79 Å². The van der Waals surface area contributed by atoms with Crippen molar-refractivity contribution in [2.45, 2.75) is 68.3 Å². The highest BCUT2D eigenvalue weighted by Gasteiger charge is 2.53. The summed E-state index contributed by atoms with van der Waals surface area (Å²) in [6.07, 6.45) is -6.56. The molecule has 12 heteroatoms. The fourth-order valence-electron chi connectivity index (χ4n) is 4.33. The Morgan fingerprint density at radius 3 is 1.58 bits per heavy atom. The zero-order valence-electron chi connectivity index (χ0n) is 20.6. The highest BCUT2D eigenvalue weighted by atomic mass is 16.8. The fraction of sp³-hybridized carbons (Fsp3) is 0.952. The van der Waals surface area contributed by atoms with Crippen LogP contribution in [-0.4, -0.2) is 130 Å². The second-order valence-electron chi connectivity index (χ2n) is 7.68. The van der Waals surface area contributed by atoms with Gasteiger partial charge in [0.15, 0.2) is 12.6 Å². The molecule has 0 spiro atoms. The minimum absolute atomic E-state index is 0.0869. The van der Waals surface area contributed by atoms with Crippen molar-refractivity contribution >= 4 is 5.97 Å². The van der Waals surface area contributed by atoms with Crippen LogP contribution in [-0.2, 0) is 56.9 Å². The summed E-state index contributed by atoms with van der Waals surface area (Å²) in [5.41, 5.74) is 0. The summed E-state index contributed by atoms with van der Waals surface area (Å²) in [5.74, 6) is -0.458. The Balaban J connectivity index is 2.35. The van der Waals surface area contributed by atoms with E-state index in [-0.39, 0.29) is 13.2 Å². The number of ether oxygens (including phenoxy) is 11. The van der Waals surface area contributed by atoms with Gasteiger partial charge in [0.2, 0.25) is 0 Å². The third-order valence-electron chi connectivity index (χ3n) is 5.85. The first-order chi connectivity index (χ1) is 15.9. The maximum atomic E-state index is 11.5. The summed E-state index contributed by atoms with van der Waals surface area (Å²) in [6.45, 7) is 1.47. The largest absolute Gasteiger partial charge is 0.463 e. The molecule has 0 N–H and O–H groups in total. The Hall–Kier alpha value is -0.930. The van der Waals surface area contributed by atoms with Crippen molar-refractivity contribution in [3.8, 4) is 0 Å². The predicted octanol–water partition coefficient (Wildman–Crippen LogP) is -0.248. The minimum Gasteiger partial charge on any atom is -0.463 e. The number of carbonyl (C=O) groups is 1. The molecule has 0 amide bonds. The molecule has 0 radical (unpaired) electrons. The molecule has 0 saturated carbocycles. The first-order valence-electron chi connectivity index (χ1n) is 10.7. The van der Waals surface area contributed by atoms with Crippen molar-refractivity contribution in [3.63, 3.8) is 0 Å². The molecule has 194 valence electrons. The van der Waals surface area contributed by atoms with E-state index in [1.807, 2.05) is 0 Å². The van der Waals surface area contributed by atoms with Crippen LogP contribution in [0, 0.1) is 0 Å². The van der Waals surface area contributed by atoms with E-state index >= 15 is 0 Å². The molecule has 0 bridgehead atoms. The molecular formula is C21H38O12. The number of rotatable bonds is 12. The SMILES string of the molecule is COC[C@H]1O[C@@H](O[C@H]2[C@H](OC)[C@@H](OC)[C@@H](OC)O[C@@H]2COC(C)=O)[C@H](OC)[C@@H](OC)[C@H]1OC. The van der Waals surface area contributed by atoms with Gasteiger partial charge in [-0.2, -0.15) is 0 Å². The lowest BCUT2D eigenvalue weighted by Gasteiger charge is -2.49. The van der Waals surface area contributed by atoms with Gasteiger partial charge >= 0.3 is 5.97 Å². The van der Waals surface area contributed by atoms with E-state index in [2.05, 4.69) is 0 Å². The van der Waals surface area contributed by atoms with E-state index < -0.39 is 67.4 Å². The van der Waals surface area contributed by atoms with Gasteiger partial charge in [-0.25, -0.2) is 0 Å². The van der Waals surface area contributed by atoms with Gasteiger partial charge < -0.3 is 52.1 Å². The molecule has 2 rings (SSSR count). The van der Waals surface area contributed by atoms with Gasteiger partial charge in [-0.05, 0) is 0 Å². The monoisotopic (exact) mass is 482 g/mol. The predicted molar refractivity (Wildman–Crippen MR) is 112 cm³/mol. The third-order valence-corrected chi connectivity index (χ3v) is 5.85. The second-order valence-corrected chi connectivity index (χ2v) is 7.68. The van der Waals surface area contributed by atoms with Crippen LogP contribution >= 0.6 is 0 Å².